The van der Waals surface area contributed by atoms with Crippen molar-refractivity contribution in [1.29, 1.82) is 0 Å². The van der Waals surface area contributed by atoms with Crippen molar-refractivity contribution in [3.63, 3.8) is 0 Å². The number of benzene rings is 11. The number of allylic oxidation sites excluding steroid dienone is 3. The van der Waals surface area contributed by atoms with E-state index >= 15 is 0 Å². The summed E-state index contributed by atoms with van der Waals surface area (Å²) in [5, 5.41) is 4.92. The van der Waals surface area contributed by atoms with Crippen LogP contribution in [0.15, 0.2) is 242 Å². The van der Waals surface area contributed by atoms with Gasteiger partial charge in [-0.15, -0.1) is 0 Å². The molecular weight excluding hydrogens is 989 g/mol. The molecule has 5 aliphatic rings. The lowest BCUT2D eigenvalue weighted by Gasteiger charge is -2.44. The molecule has 2 heteroatoms. The normalized spacial score (nSPS) is 16.9. The molecule has 0 amide bonds. The van der Waals surface area contributed by atoms with Gasteiger partial charge in [0, 0.05) is 38.7 Å². The summed E-state index contributed by atoms with van der Waals surface area (Å²) in [6.45, 7) is 19.2. The standard InChI is InChI=1S/C80H66N2/c1-77(2)63-27-13-11-24-54(63)56-41-37-49(45-69(56)77)53-23-9-10-26-58(53)76-60-44-40-51(81-71-33-19-15-29-65(71)79(5,6)66-30-16-20-34-72(66)81)47-61(60)75(50-38-42-57-55-25-12-14-28-64(55)78(3,4)70(57)46-50)59-43-39-52(48-62(59)76)82-73-35-21-17-31-67(73)80(7,8)68-32-18-22-36-74(68)82/h9-17,19-31,33-48H,18,32H2,1-8H3. The topological polar surface area (TPSA) is 6.48 Å². The Labute approximate surface area is 483 Å². The largest absolute Gasteiger partial charge is 0.310 e. The Morgan fingerprint density at radius 2 is 0.720 bits per heavy atom. The van der Waals surface area contributed by atoms with Gasteiger partial charge in [-0.3, -0.25) is 0 Å². The van der Waals surface area contributed by atoms with Crippen LogP contribution < -0.4 is 9.80 Å². The first-order valence-corrected chi connectivity index (χ1v) is 29.6. The van der Waals surface area contributed by atoms with E-state index in [0.717, 1.165) is 18.5 Å². The summed E-state index contributed by atoms with van der Waals surface area (Å²) in [7, 11) is 0. The highest BCUT2D eigenvalue weighted by molar-refractivity contribution is 6.24. The van der Waals surface area contributed by atoms with Gasteiger partial charge in [0.25, 0.3) is 0 Å². The Hall–Kier alpha value is -8.98. The van der Waals surface area contributed by atoms with Gasteiger partial charge >= 0.3 is 0 Å². The van der Waals surface area contributed by atoms with Crippen molar-refractivity contribution in [1.82, 2.24) is 0 Å². The first kappa shape index (κ1) is 48.9. The molecule has 16 rings (SSSR count). The van der Waals surface area contributed by atoms with Crippen LogP contribution in [0.5, 0.6) is 0 Å². The first-order chi connectivity index (χ1) is 39.7. The number of nitrogens with zero attached hydrogens (tertiary/aromatic N) is 2. The summed E-state index contributed by atoms with van der Waals surface area (Å²) in [6, 6.07) is 84.1. The zero-order chi connectivity index (χ0) is 55.6. The van der Waals surface area contributed by atoms with Gasteiger partial charge < -0.3 is 9.80 Å². The van der Waals surface area contributed by atoms with Crippen LogP contribution in [-0.4, -0.2) is 0 Å². The van der Waals surface area contributed by atoms with Crippen molar-refractivity contribution in [3.8, 4) is 55.6 Å². The summed E-state index contributed by atoms with van der Waals surface area (Å²) in [5.74, 6) is 0. The van der Waals surface area contributed by atoms with E-state index < -0.39 is 0 Å². The lowest BCUT2D eigenvalue weighted by Crippen LogP contribution is -2.34. The number of fused-ring (bicyclic) bond motifs is 11. The molecule has 0 bridgehead atoms. The highest BCUT2D eigenvalue weighted by atomic mass is 15.2. The molecule has 11 aromatic rings. The van der Waals surface area contributed by atoms with Gasteiger partial charge in [0.2, 0.25) is 0 Å². The lowest BCUT2D eigenvalue weighted by atomic mass is 9.70. The van der Waals surface area contributed by atoms with Crippen LogP contribution in [-0.2, 0) is 21.7 Å². The fourth-order valence-electron chi connectivity index (χ4n) is 16.0. The van der Waals surface area contributed by atoms with Crippen LogP contribution in [0.3, 0.4) is 0 Å². The molecular formula is C80H66N2. The summed E-state index contributed by atoms with van der Waals surface area (Å²) < 4.78 is 0. The molecule has 0 aromatic heterocycles. The molecule has 0 saturated carbocycles. The summed E-state index contributed by atoms with van der Waals surface area (Å²) in [5.41, 5.74) is 30.5. The molecule has 0 atom stereocenters. The minimum atomic E-state index is -0.185. The predicted molar refractivity (Wildman–Crippen MR) is 347 cm³/mol. The van der Waals surface area contributed by atoms with E-state index in [-0.39, 0.29) is 21.7 Å². The molecule has 3 aliphatic carbocycles. The second-order valence-electron chi connectivity index (χ2n) is 25.9. The quantitative estimate of drug-likeness (QED) is 0.159. The molecule has 396 valence electrons. The third kappa shape index (κ3) is 6.70. The van der Waals surface area contributed by atoms with Gasteiger partial charge in [-0.05, 0) is 195 Å². The maximum atomic E-state index is 2.58. The Kier molecular flexibility index (Phi) is 10.3. The fourth-order valence-corrected chi connectivity index (χ4v) is 16.0. The predicted octanol–water partition coefficient (Wildman–Crippen LogP) is 21.7. The Morgan fingerprint density at radius 1 is 0.305 bits per heavy atom. The van der Waals surface area contributed by atoms with E-state index in [1.54, 1.807) is 0 Å². The Morgan fingerprint density at radius 3 is 1.30 bits per heavy atom. The maximum absolute atomic E-state index is 2.58. The number of anilines is 5. The molecule has 0 radical (unpaired) electrons. The van der Waals surface area contributed by atoms with Crippen LogP contribution in [0.4, 0.5) is 28.4 Å². The van der Waals surface area contributed by atoms with E-state index in [2.05, 4.69) is 296 Å². The molecule has 2 heterocycles. The molecule has 82 heavy (non-hydrogen) atoms. The van der Waals surface area contributed by atoms with Gasteiger partial charge in [0.05, 0.1) is 17.1 Å². The Balaban J connectivity index is 1.02. The lowest BCUT2D eigenvalue weighted by molar-refractivity contribution is 0.571. The highest BCUT2D eigenvalue weighted by Gasteiger charge is 2.41. The zero-order valence-electron chi connectivity index (χ0n) is 48.2. The van der Waals surface area contributed by atoms with E-state index in [1.807, 2.05) is 0 Å². The molecule has 2 aliphatic heterocycles. The third-order valence-corrected chi connectivity index (χ3v) is 20.2. The summed E-state index contributed by atoms with van der Waals surface area (Å²) in [6.07, 6.45) is 6.87. The van der Waals surface area contributed by atoms with Crippen molar-refractivity contribution in [3.05, 3.63) is 281 Å². The fraction of sp³-hybridized carbons (Fsp3) is 0.175. The number of hydrogen-bond donors (Lipinski definition) is 0. The van der Waals surface area contributed by atoms with Gasteiger partial charge in [0.1, 0.15) is 0 Å². The van der Waals surface area contributed by atoms with Crippen LogP contribution >= 0.6 is 0 Å². The van der Waals surface area contributed by atoms with E-state index in [1.165, 1.54) is 150 Å². The highest BCUT2D eigenvalue weighted by Crippen LogP contribution is 2.58. The third-order valence-electron chi connectivity index (χ3n) is 20.2. The molecule has 2 nitrogen and oxygen atoms in total. The number of hydrogen-bond acceptors (Lipinski definition) is 2. The van der Waals surface area contributed by atoms with Gasteiger partial charge in [-0.25, -0.2) is 0 Å². The van der Waals surface area contributed by atoms with E-state index in [0.29, 0.717) is 0 Å². The minimum absolute atomic E-state index is 0.104. The van der Waals surface area contributed by atoms with Crippen LogP contribution in [0, 0.1) is 0 Å². The zero-order valence-corrected chi connectivity index (χ0v) is 48.2. The monoisotopic (exact) mass is 1050 g/mol. The van der Waals surface area contributed by atoms with E-state index in [4.69, 9.17) is 0 Å². The van der Waals surface area contributed by atoms with Crippen molar-refractivity contribution < 1.29 is 0 Å². The Bertz CT molecular complexity index is 4600. The maximum Gasteiger partial charge on any atom is 0.0502 e. The van der Waals surface area contributed by atoms with E-state index in [9.17, 15) is 0 Å². The first-order valence-electron chi connectivity index (χ1n) is 29.6. The van der Waals surface area contributed by atoms with Crippen molar-refractivity contribution in [2.45, 2.75) is 89.9 Å². The van der Waals surface area contributed by atoms with Crippen molar-refractivity contribution in [2.75, 3.05) is 9.80 Å². The summed E-state index contributed by atoms with van der Waals surface area (Å²) in [4.78, 5) is 5.11. The van der Waals surface area contributed by atoms with Crippen LogP contribution in [0.25, 0.3) is 77.2 Å². The number of para-hydroxylation sites is 3. The van der Waals surface area contributed by atoms with Crippen LogP contribution in [0.1, 0.15) is 107 Å². The van der Waals surface area contributed by atoms with Gasteiger partial charge in [0.15, 0.2) is 0 Å². The molecule has 0 fully saturated rings. The minimum Gasteiger partial charge on any atom is -0.310 e. The smallest absolute Gasteiger partial charge is 0.0502 e. The SMILES string of the molecule is CC1(C)C2=C(C=CCC2)N(c2ccc3c(-c4ccc5c(c4)C(C)(C)c4ccccc4-5)c4cc(N5c6ccccc6C(C)(C)c6ccccc65)ccc4c(-c4ccccc4-c4ccc5c(c4)C(C)(C)c4ccccc4-5)c3c2)c2ccccc21. The van der Waals surface area contributed by atoms with Crippen molar-refractivity contribution >= 4 is 50.0 Å². The summed E-state index contributed by atoms with van der Waals surface area (Å²) >= 11 is 0. The molecule has 0 saturated heterocycles. The average Bonchev–Trinajstić information content (AvgIpc) is 3.02. The van der Waals surface area contributed by atoms with Gasteiger partial charge in [-0.2, -0.15) is 0 Å². The molecule has 0 unspecified atom stereocenters. The second kappa shape index (κ2) is 17.3. The molecule has 0 N–H and O–H groups in total. The van der Waals surface area contributed by atoms with Gasteiger partial charge in [-0.1, -0.05) is 225 Å². The van der Waals surface area contributed by atoms with Crippen molar-refractivity contribution in [2.24, 2.45) is 0 Å². The average molecular weight is 1060 g/mol. The molecule has 11 aromatic carbocycles. The molecule has 0 spiro atoms. The number of rotatable bonds is 5. The van der Waals surface area contributed by atoms with Crippen LogP contribution in [0.2, 0.25) is 0 Å². The second-order valence-corrected chi connectivity index (χ2v) is 25.9.